The molecule has 0 heterocycles. The van der Waals surface area contributed by atoms with Crippen LogP contribution in [0.3, 0.4) is 0 Å². The second kappa shape index (κ2) is 9.00. The molecule has 2 aromatic carbocycles. The van der Waals surface area contributed by atoms with Crippen molar-refractivity contribution in [3.05, 3.63) is 64.7 Å². The van der Waals surface area contributed by atoms with Crippen LogP contribution in [0.15, 0.2) is 36.4 Å². The van der Waals surface area contributed by atoms with Gasteiger partial charge in [-0.2, -0.15) is 0 Å². The molecule has 2 aromatic rings. The topological polar surface area (TPSA) is 87.7 Å². The van der Waals surface area contributed by atoms with E-state index in [1.807, 2.05) is 0 Å². The van der Waals surface area contributed by atoms with Crippen LogP contribution in [0.25, 0.3) is 0 Å². The van der Waals surface area contributed by atoms with E-state index in [0.717, 1.165) is 17.7 Å². The number of halogens is 2. The molecule has 29 heavy (non-hydrogen) atoms. The van der Waals surface area contributed by atoms with E-state index in [2.05, 4.69) is 10.6 Å². The Bertz CT molecular complexity index is 870. The highest BCUT2D eigenvalue weighted by Crippen LogP contribution is 2.30. The number of rotatable bonds is 6. The molecule has 0 saturated heterocycles. The summed E-state index contributed by atoms with van der Waals surface area (Å²) in [4.78, 5) is 23.8. The molecule has 0 bridgehead atoms. The lowest BCUT2D eigenvalue weighted by molar-refractivity contribution is -0.118. The van der Waals surface area contributed by atoms with Crippen molar-refractivity contribution in [1.29, 1.82) is 0 Å². The monoisotopic (exact) mass is 406 g/mol. The molecule has 0 aliphatic heterocycles. The first kappa shape index (κ1) is 22.3. The summed E-state index contributed by atoms with van der Waals surface area (Å²) in [7, 11) is 1.54. The number of carboxylic acid groups (broad SMARTS) is 1. The number of anilines is 1. The maximum absolute atomic E-state index is 14.4. The van der Waals surface area contributed by atoms with Crippen molar-refractivity contribution in [1.82, 2.24) is 5.32 Å². The predicted octanol–water partition coefficient (Wildman–Crippen LogP) is 4.36. The van der Waals surface area contributed by atoms with Gasteiger partial charge in [0.05, 0.1) is 6.61 Å². The van der Waals surface area contributed by atoms with Gasteiger partial charge in [-0.25, -0.2) is 13.6 Å². The van der Waals surface area contributed by atoms with E-state index in [1.165, 1.54) is 0 Å². The van der Waals surface area contributed by atoms with Gasteiger partial charge in [0.15, 0.2) is 0 Å². The first-order valence-corrected chi connectivity index (χ1v) is 8.90. The molecule has 0 radical (unpaired) electrons. The fraction of sp³-hybridized carbons (Fsp3) is 0.333. The maximum Gasteiger partial charge on any atom is 0.405 e. The minimum atomic E-state index is -1.41. The summed E-state index contributed by atoms with van der Waals surface area (Å²) in [5.74, 6) is -2.35. The molecule has 0 aliphatic carbocycles. The molecular weight excluding hydrogens is 382 g/mol. The summed E-state index contributed by atoms with van der Waals surface area (Å²) in [6, 6.07) is 7.32. The van der Waals surface area contributed by atoms with Crippen molar-refractivity contribution >= 4 is 17.7 Å². The number of hydrogen-bond donors (Lipinski definition) is 3. The molecule has 0 saturated carbocycles. The number of amides is 2. The van der Waals surface area contributed by atoms with Crippen molar-refractivity contribution in [3.63, 3.8) is 0 Å². The van der Waals surface area contributed by atoms with Gasteiger partial charge in [-0.15, -0.1) is 0 Å². The summed E-state index contributed by atoms with van der Waals surface area (Å²) in [6.07, 6.45) is -1.41. The van der Waals surface area contributed by atoms with Crippen molar-refractivity contribution in [2.45, 2.75) is 38.8 Å². The number of nitrogens with one attached hydrogen (secondary N) is 2. The quantitative estimate of drug-likeness (QED) is 0.665. The standard InChI is InChI=1S/C21H24F2N2O4/c1-21(2,3)17-15(22)9-14(10-16(17)23)24-19(26)18(25-20(27)28)13-7-5-12(6-8-13)11-29-4/h5-10,18,25H,11H2,1-4H3,(H,24,26)(H,27,28). The van der Waals surface area contributed by atoms with Gasteiger partial charge >= 0.3 is 6.09 Å². The molecule has 156 valence electrons. The van der Waals surface area contributed by atoms with Crippen LogP contribution in [0.4, 0.5) is 19.3 Å². The van der Waals surface area contributed by atoms with Crippen molar-refractivity contribution in [2.75, 3.05) is 12.4 Å². The zero-order chi connectivity index (χ0) is 21.8. The Morgan fingerprint density at radius 1 is 1.10 bits per heavy atom. The van der Waals surface area contributed by atoms with Gasteiger partial charge < -0.3 is 20.5 Å². The third-order valence-electron chi connectivity index (χ3n) is 4.21. The average molecular weight is 406 g/mol. The van der Waals surface area contributed by atoms with E-state index < -0.39 is 35.1 Å². The molecule has 3 N–H and O–H groups in total. The Kier molecular flexibility index (Phi) is 6.92. The van der Waals surface area contributed by atoms with Crippen LogP contribution in [0.1, 0.15) is 43.5 Å². The van der Waals surface area contributed by atoms with Crippen molar-refractivity contribution in [2.24, 2.45) is 0 Å². The van der Waals surface area contributed by atoms with Crippen molar-refractivity contribution < 1.29 is 28.2 Å². The normalized spacial score (nSPS) is 12.3. The summed E-state index contributed by atoms with van der Waals surface area (Å²) in [6.45, 7) is 5.38. The number of methoxy groups -OCH3 is 1. The molecule has 0 spiro atoms. The van der Waals surface area contributed by atoms with Crippen LogP contribution in [-0.2, 0) is 21.6 Å². The molecular formula is C21H24F2N2O4. The first-order valence-electron chi connectivity index (χ1n) is 8.90. The van der Waals surface area contributed by atoms with Gasteiger partial charge in [0, 0.05) is 18.4 Å². The van der Waals surface area contributed by atoms with Gasteiger partial charge in [-0.3, -0.25) is 4.79 Å². The largest absolute Gasteiger partial charge is 0.465 e. The highest BCUT2D eigenvalue weighted by molar-refractivity contribution is 5.97. The second-order valence-corrected chi connectivity index (χ2v) is 7.61. The highest BCUT2D eigenvalue weighted by Gasteiger charge is 2.26. The third-order valence-corrected chi connectivity index (χ3v) is 4.21. The second-order valence-electron chi connectivity index (χ2n) is 7.61. The van der Waals surface area contributed by atoms with Crippen LogP contribution in [0, 0.1) is 11.6 Å². The number of hydrogen-bond acceptors (Lipinski definition) is 3. The molecule has 6 nitrogen and oxygen atoms in total. The summed E-state index contributed by atoms with van der Waals surface area (Å²) in [5, 5.41) is 13.6. The predicted molar refractivity (Wildman–Crippen MR) is 105 cm³/mol. The summed E-state index contributed by atoms with van der Waals surface area (Å²) < 4.78 is 33.8. The molecule has 1 atom stereocenters. The van der Waals surface area contributed by atoms with E-state index in [-0.39, 0.29) is 11.3 Å². The van der Waals surface area contributed by atoms with Crippen LogP contribution in [-0.4, -0.2) is 24.2 Å². The maximum atomic E-state index is 14.4. The zero-order valence-electron chi connectivity index (χ0n) is 16.7. The Morgan fingerprint density at radius 3 is 2.10 bits per heavy atom. The lowest BCUT2D eigenvalue weighted by Gasteiger charge is -2.22. The van der Waals surface area contributed by atoms with Crippen LogP contribution < -0.4 is 10.6 Å². The van der Waals surface area contributed by atoms with Crippen LogP contribution in [0.2, 0.25) is 0 Å². The van der Waals surface area contributed by atoms with E-state index >= 15 is 0 Å². The molecule has 0 aliphatic rings. The Hall–Kier alpha value is -3.00. The zero-order valence-corrected chi connectivity index (χ0v) is 16.7. The van der Waals surface area contributed by atoms with Gasteiger partial charge in [-0.1, -0.05) is 45.0 Å². The number of benzene rings is 2. The SMILES string of the molecule is COCc1ccc(C(NC(=O)O)C(=O)Nc2cc(F)c(C(C)(C)C)c(F)c2)cc1. The number of carbonyl (C=O) groups is 2. The van der Waals surface area contributed by atoms with Crippen molar-refractivity contribution in [3.8, 4) is 0 Å². The Labute approximate surface area is 167 Å². The lowest BCUT2D eigenvalue weighted by Crippen LogP contribution is -2.36. The highest BCUT2D eigenvalue weighted by atomic mass is 19.1. The minimum absolute atomic E-state index is 0.0931. The smallest absolute Gasteiger partial charge is 0.405 e. The number of ether oxygens (including phenoxy) is 1. The molecule has 0 aromatic heterocycles. The molecule has 1 unspecified atom stereocenters. The average Bonchev–Trinajstić information content (AvgIpc) is 2.58. The van der Waals surface area contributed by atoms with Gasteiger partial charge in [0.1, 0.15) is 17.7 Å². The van der Waals surface area contributed by atoms with E-state index in [9.17, 15) is 18.4 Å². The Morgan fingerprint density at radius 2 is 1.66 bits per heavy atom. The summed E-state index contributed by atoms with van der Waals surface area (Å²) >= 11 is 0. The molecule has 8 heteroatoms. The lowest BCUT2D eigenvalue weighted by atomic mass is 9.86. The van der Waals surface area contributed by atoms with Crippen LogP contribution in [0.5, 0.6) is 0 Å². The third kappa shape index (κ3) is 5.74. The van der Waals surface area contributed by atoms with Gasteiger partial charge in [-0.05, 0) is 28.7 Å². The number of carbonyl (C=O) groups excluding carboxylic acids is 1. The Balaban J connectivity index is 2.29. The van der Waals surface area contributed by atoms with Crippen LogP contribution >= 0.6 is 0 Å². The van der Waals surface area contributed by atoms with Gasteiger partial charge in [0.25, 0.3) is 5.91 Å². The van der Waals surface area contributed by atoms with E-state index in [1.54, 1.807) is 52.1 Å². The molecule has 0 fully saturated rings. The van der Waals surface area contributed by atoms with E-state index in [4.69, 9.17) is 9.84 Å². The summed E-state index contributed by atoms with van der Waals surface area (Å²) in [5.41, 5.74) is 0.258. The van der Waals surface area contributed by atoms with Gasteiger partial charge in [0.2, 0.25) is 0 Å². The minimum Gasteiger partial charge on any atom is -0.465 e. The van der Waals surface area contributed by atoms with E-state index in [0.29, 0.717) is 12.2 Å². The molecule has 2 amide bonds. The fourth-order valence-corrected chi connectivity index (χ4v) is 2.97. The fourth-order valence-electron chi connectivity index (χ4n) is 2.97. The first-order chi connectivity index (χ1) is 13.5. The molecule has 2 rings (SSSR count).